The van der Waals surface area contributed by atoms with Crippen LogP contribution in [0, 0.1) is 0 Å². The Bertz CT molecular complexity index is 1750. The molecule has 200 valence electrons. The van der Waals surface area contributed by atoms with Crippen molar-refractivity contribution in [2.45, 2.75) is 32.7 Å². The number of fused-ring (bicyclic) bond motifs is 1. The second-order valence-electron chi connectivity index (χ2n) is 9.92. The zero-order chi connectivity index (χ0) is 27.8. The Hall–Kier alpha value is -3.69. The van der Waals surface area contributed by atoms with E-state index < -0.39 is 6.04 Å². The maximum atomic E-state index is 13.9. The summed E-state index contributed by atoms with van der Waals surface area (Å²) in [6, 6.07) is 18.6. The average molecular weight is 606 g/mol. The third-order valence-corrected chi connectivity index (χ3v) is 8.14. The topological polar surface area (TPSA) is 79.8 Å². The number of nitrogens with one attached hydrogen (secondary N) is 1. The van der Waals surface area contributed by atoms with Gasteiger partial charge in [0.1, 0.15) is 5.76 Å². The monoisotopic (exact) mass is 604 g/mol. The molecule has 1 aliphatic rings. The van der Waals surface area contributed by atoms with E-state index in [1.54, 1.807) is 10.6 Å². The molecule has 0 saturated heterocycles. The molecule has 3 heterocycles. The Morgan fingerprint density at radius 3 is 2.46 bits per heavy atom. The number of allylic oxidation sites excluding steroid dienone is 1. The summed E-state index contributed by atoms with van der Waals surface area (Å²) in [7, 11) is 3.77. The van der Waals surface area contributed by atoms with Crippen molar-refractivity contribution in [3.63, 3.8) is 0 Å². The molecule has 1 amide bonds. The normalized spacial score (nSPS) is 15.4. The van der Waals surface area contributed by atoms with Crippen molar-refractivity contribution in [2.24, 2.45) is 4.99 Å². The number of para-hydroxylation sites is 1. The Morgan fingerprint density at radius 1 is 1.15 bits per heavy atom. The molecule has 1 N–H and O–H groups in total. The highest BCUT2D eigenvalue weighted by atomic mass is 79.9. The molecule has 2 aromatic carbocycles. The largest absolute Gasteiger partial charge is 0.440 e. The van der Waals surface area contributed by atoms with Crippen molar-refractivity contribution < 1.29 is 9.21 Å². The number of anilines is 2. The van der Waals surface area contributed by atoms with Crippen molar-refractivity contribution >= 4 is 50.8 Å². The molecule has 7 nitrogen and oxygen atoms in total. The van der Waals surface area contributed by atoms with Crippen molar-refractivity contribution in [3.8, 4) is 0 Å². The Labute approximate surface area is 238 Å². The number of hydrogen-bond donors (Lipinski definition) is 1. The van der Waals surface area contributed by atoms with E-state index in [9.17, 15) is 9.59 Å². The summed E-state index contributed by atoms with van der Waals surface area (Å²) in [6.07, 6.45) is 1.73. The molecular weight excluding hydrogens is 576 g/mol. The van der Waals surface area contributed by atoms with Gasteiger partial charge in [-0.1, -0.05) is 67.6 Å². The van der Waals surface area contributed by atoms with E-state index in [-0.39, 0.29) is 11.5 Å². The van der Waals surface area contributed by atoms with Crippen molar-refractivity contribution in [3.05, 3.63) is 113 Å². The van der Waals surface area contributed by atoms with E-state index in [1.165, 1.54) is 16.9 Å². The first-order valence-corrected chi connectivity index (χ1v) is 14.2. The predicted molar refractivity (Wildman–Crippen MR) is 160 cm³/mol. The zero-order valence-corrected chi connectivity index (χ0v) is 24.8. The van der Waals surface area contributed by atoms with E-state index >= 15 is 0 Å². The van der Waals surface area contributed by atoms with Crippen LogP contribution in [0.4, 0.5) is 11.6 Å². The van der Waals surface area contributed by atoms with Gasteiger partial charge in [-0.3, -0.25) is 14.2 Å². The fraction of sp³-hybridized carbons (Fsp3) is 0.233. The highest BCUT2D eigenvalue weighted by molar-refractivity contribution is 9.10. The lowest BCUT2D eigenvalue weighted by atomic mass is 9.93. The van der Waals surface area contributed by atoms with Crippen LogP contribution in [0.25, 0.3) is 6.08 Å². The van der Waals surface area contributed by atoms with Crippen LogP contribution in [0.2, 0.25) is 0 Å². The van der Waals surface area contributed by atoms with Crippen LogP contribution in [0.1, 0.15) is 49.6 Å². The van der Waals surface area contributed by atoms with Crippen LogP contribution in [-0.2, 0) is 4.79 Å². The number of aromatic nitrogens is 1. The average Bonchev–Trinajstić information content (AvgIpc) is 3.42. The Kier molecular flexibility index (Phi) is 7.46. The van der Waals surface area contributed by atoms with Gasteiger partial charge in [0.25, 0.3) is 11.5 Å². The van der Waals surface area contributed by atoms with Crippen molar-refractivity contribution in [2.75, 3.05) is 24.3 Å². The summed E-state index contributed by atoms with van der Waals surface area (Å²) < 4.78 is 8.83. The van der Waals surface area contributed by atoms with Crippen LogP contribution in [0.3, 0.4) is 0 Å². The van der Waals surface area contributed by atoms with Crippen LogP contribution < -0.4 is 25.1 Å². The highest BCUT2D eigenvalue weighted by Crippen LogP contribution is 2.32. The Morgan fingerprint density at radius 2 is 1.85 bits per heavy atom. The number of halogens is 1. The number of nitrogens with zero attached hydrogens (tertiary/aromatic N) is 3. The highest BCUT2D eigenvalue weighted by Gasteiger charge is 2.32. The molecule has 0 bridgehead atoms. The number of thiazole rings is 1. The third kappa shape index (κ3) is 5.29. The van der Waals surface area contributed by atoms with Crippen molar-refractivity contribution in [1.82, 2.24) is 4.57 Å². The summed E-state index contributed by atoms with van der Waals surface area (Å²) in [5.74, 6) is 1.28. The first kappa shape index (κ1) is 26.9. The maximum Gasteiger partial charge on any atom is 0.271 e. The lowest BCUT2D eigenvalue weighted by Gasteiger charge is -2.25. The number of carbonyl (C=O) groups is 1. The summed E-state index contributed by atoms with van der Waals surface area (Å²) >= 11 is 4.80. The van der Waals surface area contributed by atoms with Crippen molar-refractivity contribution in [1.29, 1.82) is 0 Å². The minimum atomic E-state index is -0.631. The molecule has 2 aromatic heterocycles. The summed E-state index contributed by atoms with van der Waals surface area (Å²) in [5, 5.41) is 2.99. The standard InChI is InChI=1S/C30H29BrN4O3S/c1-17(2)19-11-13-20(14-12-19)26-25(27(36)33-21-9-7-6-8-10-21)18(3)32-30-35(26)28(37)24(39-30)16-22-15-23(31)29(38-22)34(4)5/h6-17,26H,1-5H3,(H,33,36)/b24-16+/t26-/m0/s1. The van der Waals surface area contributed by atoms with Gasteiger partial charge in [-0.05, 0) is 52.0 Å². The SMILES string of the molecule is CC1=C(C(=O)Nc2ccccc2)[C@H](c2ccc(C(C)C)cc2)n2c(s/c(=C/c3cc(Br)c(N(C)C)o3)c2=O)=N1. The van der Waals surface area contributed by atoms with Crippen LogP contribution >= 0.6 is 27.3 Å². The molecule has 0 radical (unpaired) electrons. The van der Waals surface area contributed by atoms with Crippen LogP contribution in [0.15, 0.2) is 90.6 Å². The fourth-order valence-corrected chi connectivity index (χ4v) is 6.28. The number of hydrogen-bond acceptors (Lipinski definition) is 6. The second kappa shape index (κ2) is 10.8. The lowest BCUT2D eigenvalue weighted by molar-refractivity contribution is -0.113. The summed E-state index contributed by atoms with van der Waals surface area (Å²) in [6.45, 7) is 6.09. The minimum absolute atomic E-state index is 0.229. The molecule has 0 spiro atoms. The molecule has 4 aromatic rings. The van der Waals surface area contributed by atoms with Gasteiger partial charge < -0.3 is 14.6 Å². The molecule has 0 saturated carbocycles. The van der Waals surface area contributed by atoms with E-state index in [4.69, 9.17) is 9.41 Å². The molecule has 0 unspecified atom stereocenters. The molecule has 5 rings (SSSR count). The quantitative estimate of drug-likeness (QED) is 0.319. The van der Waals surface area contributed by atoms with E-state index in [2.05, 4.69) is 47.2 Å². The van der Waals surface area contributed by atoms with E-state index in [0.717, 1.165) is 10.0 Å². The van der Waals surface area contributed by atoms with Crippen LogP contribution in [0.5, 0.6) is 0 Å². The Balaban J connectivity index is 1.66. The number of carbonyl (C=O) groups excluding carboxylic acids is 1. The molecule has 1 atom stereocenters. The molecule has 1 aliphatic heterocycles. The lowest BCUT2D eigenvalue weighted by Crippen LogP contribution is -2.40. The number of benzene rings is 2. The number of amides is 1. The van der Waals surface area contributed by atoms with Gasteiger partial charge in [-0.25, -0.2) is 4.99 Å². The molecular formula is C30H29BrN4O3S. The number of rotatable bonds is 6. The molecule has 0 fully saturated rings. The van der Waals surface area contributed by atoms with E-state index in [0.29, 0.717) is 43.9 Å². The molecule has 0 aliphatic carbocycles. The van der Waals surface area contributed by atoms with E-state index in [1.807, 2.05) is 74.4 Å². The third-order valence-electron chi connectivity index (χ3n) is 6.58. The zero-order valence-electron chi connectivity index (χ0n) is 22.4. The van der Waals surface area contributed by atoms with Gasteiger partial charge >= 0.3 is 0 Å². The first-order valence-electron chi connectivity index (χ1n) is 12.6. The van der Waals surface area contributed by atoms with Gasteiger partial charge in [-0.15, -0.1) is 0 Å². The van der Waals surface area contributed by atoms with Gasteiger partial charge in [0.2, 0.25) is 5.88 Å². The van der Waals surface area contributed by atoms with Gasteiger partial charge in [0, 0.05) is 31.9 Å². The first-order chi connectivity index (χ1) is 18.6. The van der Waals surface area contributed by atoms with Gasteiger partial charge in [0.15, 0.2) is 4.80 Å². The summed E-state index contributed by atoms with van der Waals surface area (Å²) in [4.78, 5) is 34.7. The smallest absolute Gasteiger partial charge is 0.271 e. The van der Waals surface area contributed by atoms with Gasteiger partial charge in [0.05, 0.1) is 26.3 Å². The molecule has 39 heavy (non-hydrogen) atoms. The van der Waals surface area contributed by atoms with Crippen LogP contribution in [-0.4, -0.2) is 24.6 Å². The molecule has 9 heteroatoms. The second-order valence-corrected chi connectivity index (χ2v) is 11.8. The fourth-order valence-electron chi connectivity index (χ4n) is 4.59. The predicted octanol–water partition coefficient (Wildman–Crippen LogP) is 5.42. The maximum absolute atomic E-state index is 13.9. The number of furan rings is 1. The van der Waals surface area contributed by atoms with Gasteiger partial charge in [-0.2, -0.15) is 0 Å². The summed E-state index contributed by atoms with van der Waals surface area (Å²) in [5.41, 5.74) is 3.48. The minimum Gasteiger partial charge on any atom is -0.440 e.